The summed E-state index contributed by atoms with van der Waals surface area (Å²) in [5.41, 5.74) is 2.07. The SMILES string of the molecule is CCC(C)(C)C(=O)NC(=O)c1nn(-c2ccc(Cl)cc2Cl)c(-c2ccc(Cl)cc2)c1C. The lowest BCUT2D eigenvalue weighted by Gasteiger charge is -2.20. The summed E-state index contributed by atoms with van der Waals surface area (Å²) in [6, 6.07) is 12.2. The van der Waals surface area contributed by atoms with Gasteiger partial charge in [-0.15, -0.1) is 0 Å². The lowest BCUT2D eigenvalue weighted by atomic mass is 9.89. The first-order valence-corrected chi connectivity index (χ1v) is 10.8. The minimum absolute atomic E-state index is 0.135. The maximum Gasteiger partial charge on any atom is 0.278 e. The molecule has 0 unspecified atom stereocenters. The van der Waals surface area contributed by atoms with Crippen LogP contribution in [0.3, 0.4) is 0 Å². The van der Waals surface area contributed by atoms with Crippen molar-refractivity contribution >= 4 is 46.6 Å². The van der Waals surface area contributed by atoms with Gasteiger partial charge in [-0.25, -0.2) is 4.68 Å². The van der Waals surface area contributed by atoms with E-state index < -0.39 is 11.3 Å². The number of carbonyl (C=O) groups is 2. The van der Waals surface area contributed by atoms with E-state index in [1.54, 1.807) is 55.8 Å². The Hall–Kier alpha value is -2.34. The summed E-state index contributed by atoms with van der Waals surface area (Å²) in [7, 11) is 0. The molecule has 5 nitrogen and oxygen atoms in total. The Bertz CT molecular complexity index is 1150. The van der Waals surface area contributed by atoms with Crippen LogP contribution in [-0.4, -0.2) is 21.6 Å². The predicted molar refractivity (Wildman–Crippen MR) is 125 cm³/mol. The Morgan fingerprint density at radius 2 is 1.65 bits per heavy atom. The summed E-state index contributed by atoms with van der Waals surface area (Å²) in [5, 5.41) is 8.44. The van der Waals surface area contributed by atoms with Crippen molar-refractivity contribution in [2.75, 3.05) is 0 Å². The van der Waals surface area contributed by atoms with Crippen LogP contribution in [0, 0.1) is 12.3 Å². The number of hydrogen-bond acceptors (Lipinski definition) is 3. The van der Waals surface area contributed by atoms with Crippen molar-refractivity contribution in [3.05, 3.63) is 68.8 Å². The molecule has 0 spiro atoms. The number of aromatic nitrogens is 2. The van der Waals surface area contributed by atoms with Gasteiger partial charge in [0.05, 0.1) is 16.4 Å². The Labute approximate surface area is 196 Å². The monoisotopic (exact) mass is 477 g/mol. The highest BCUT2D eigenvalue weighted by Crippen LogP contribution is 2.33. The van der Waals surface area contributed by atoms with Crippen LogP contribution in [0.2, 0.25) is 15.1 Å². The highest BCUT2D eigenvalue weighted by Gasteiger charge is 2.30. The average molecular weight is 479 g/mol. The first-order valence-electron chi connectivity index (χ1n) is 9.72. The molecule has 2 amide bonds. The number of halogens is 3. The van der Waals surface area contributed by atoms with Gasteiger partial charge in [-0.3, -0.25) is 14.9 Å². The van der Waals surface area contributed by atoms with Crippen LogP contribution in [0.1, 0.15) is 43.2 Å². The number of carbonyl (C=O) groups excluding carboxylic acids is 2. The molecular weight excluding hydrogens is 457 g/mol. The summed E-state index contributed by atoms with van der Waals surface area (Å²) in [4.78, 5) is 25.5. The maximum absolute atomic E-state index is 13.0. The first kappa shape index (κ1) is 23.3. The second-order valence-electron chi connectivity index (χ2n) is 7.86. The molecule has 1 heterocycles. The number of nitrogens with zero attached hydrogens (tertiary/aromatic N) is 2. The summed E-state index contributed by atoms with van der Waals surface area (Å²) in [5.74, 6) is -0.922. The molecule has 0 radical (unpaired) electrons. The van der Waals surface area contributed by atoms with Crippen molar-refractivity contribution in [1.29, 1.82) is 0 Å². The van der Waals surface area contributed by atoms with Crippen LogP contribution >= 0.6 is 34.8 Å². The van der Waals surface area contributed by atoms with E-state index in [9.17, 15) is 9.59 Å². The lowest BCUT2D eigenvalue weighted by Crippen LogP contribution is -2.40. The molecule has 0 aliphatic heterocycles. The fourth-order valence-corrected chi connectivity index (χ4v) is 3.59. The molecule has 0 aliphatic carbocycles. The van der Waals surface area contributed by atoms with Crippen LogP contribution in [0.15, 0.2) is 42.5 Å². The maximum atomic E-state index is 13.0. The zero-order chi connectivity index (χ0) is 22.9. The van der Waals surface area contributed by atoms with Gasteiger partial charge >= 0.3 is 0 Å². The van der Waals surface area contributed by atoms with Gasteiger partial charge in [0.1, 0.15) is 0 Å². The lowest BCUT2D eigenvalue weighted by molar-refractivity contribution is -0.128. The molecule has 1 aromatic heterocycles. The van der Waals surface area contributed by atoms with Gasteiger partial charge in [0, 0.05) is 26.6 Å². The van der Waals surface area contributed by atoms with Crippen molar-refractivity contribution in [2.45, 2.75) is 34.1 Å². The fourth-order valence-electron chi connectivity index (χ4n) is 2.98. The van der Waals surface area contributed by atoms with Gasteiger partial charge in [0.15, 0.2) is 5.69 Å². The number of amides is 2. The zero-order valence-corrected chi connectivity index (χ0v) is 19.9. The van der Waals surface area contributed by atoms with Crippen molar-refractivity contribution in [1.82, 2.24) is 15.1 Å². The third-order valence-corrected chi connectivity index (χ3v) is 6.11. The van der Waals surface area contributed by atoms with Crippen molar-refractivity contribution in [3.8, 4) is 16.9 Å². The molecule has 31 heavy (non-hydrogen) atoms. The van der Waals surface area contributed by atoms with Crippen LogP contribution in [0.4, 0.5) is 0 Å². The summed E-state index contributed by atoms with van der Waals surface area (Å²) in [6.45, 7) is 7.24. The largest absolute Gasteiger partial charge is 0.290 e. The molecule has 3 rings (SSSR count). The van der Waals surface area contributed by atoms with E-state index in [1.807, 2.05) is 19.1 Å². The molecule has 0 bridgehead atoms. The quantitative estimate of drug-likeness (QED) is 0.455. The van der Waals surface area contributed by atoms with Crippen molar-refractivity contribution < 1.29 is 9.59 Å². The third-order valence-electron chi connectivity index (χ3n) is 5.32. The highest BCUT2D eigenvalue weighted by atomic mass is 35.5. The second kappa shape index (κ2) is 9.03. The Morgan fingerprint density at radius 1 is 1.03 bits per heavy atom. The molecule has 0 aliphatic rings. The molecule has 3 aromatic rings. The fraction of sp³-hybridized carbons (Fsp3) is 0.261. The van der Waals surface area contributed by atoms with E-state index in [-0.39, 0.29) is 11.6 Å². The number of rotatable bonds is 5. The minimum atomic E-state index is -0.676. The first-order chi connectivity index (χ1) is 14.5. The van der Waals surface area contributed by atoms with Gasteiger partial charge in [-0.2, -0.15) is 5.10 Å². The van der Waals surface area contributed by atoms with Crippen LogP contribution in [0.5, 0.6) is 0 Å². The summed E-state index contributed by atoms with van der Waals surface area (Å²) in [6.07, 6.45) is 0.593. The van der Waals surface area contributed by atoms with Gasteiger partial charge in [0.2, 0.25) is 5.91 Å². The molecule has 1 N–H and O–H groups in total. The van der Waals surface area contributed by atoms with E-state index in [2.05, 4.69) is 10.4 Å². The Morgan fingerprint density at radius 3 is 2.23 bits per heavy atom. The van der Waals surface area contributed by atoms with Crippen molar-refractivity contribution in [3.63, 3.8) is 0 Å². The standard InChI is InChI=1S/C23H22Cl3N3O2/c1-5-23(3,4)22(31)27-21(30)19-13(2)20(14-6-8-15(24)9-7-14)29(28-19)18-11-10-16(25)12-17(18)26/h6-12H,5H2,1-4H3,(H,27,30,31). The van der Waals surface area contributed by atoms with Crippen LogP contribution in [-0.2, 0) is 4.79 Å². The van der Waals surface area contributed by atoms with E-state index in [0.29, 0.717) is 38.4 Å². The van der Waals surface area contributed by atoms with Gasteiger partial charge in [0.25, 0.3) is 5.91 Å². The van der Waals surface area contributed by atoms with Crippen LogP contribution < -0.4 is 5.32 Å². The Balaban J connectivity index is 2.15. The predicted octanol–water partition coefficient (Wildman–Crippen LogP) is 6.50. The average Bonchev–Trinajstić information content (AvgIpc) is 3.05. The van der Waals surface area contributed by atoms with Crippen molar-refractivity contribution in [2.24, 2.45) is 5.41 Å². The second-order valence-corrected chi connectivity index (χ2v) is 9.14. The van der Waals surface area contributed by atoms with Gasteiger partial charge < -0.3 is 0 Å². The van der Waals surface area contributed by atoms with Crippen LogP contribution in [0.25, 0.3) is 16.9 Å². The molecule has 2 aromatic carbocycles. The smallest absolute Gasteiger partial charge is 0.278 e. The molecule has 0 saturated carbocycles. The topological polar surface area (TPSA) is 64.0 Å². The summed E-state index contributed by atoms with van der Waals surface area (Å²) < 4.78 is 1.58. The van der Waals surface area contributed by atoms with Gasteiger partial charge in [-0.1, -0.05) is 67.7 Å². The van der Waals surface area contributed by atoms with E-state index >= 15 is 0 Å². The normalized spacial score (nSPS) is 11.5. The molecular formula is C23H22Cl3N3O2. The van der Waals surface area contributed by atoms with Gasteiger partial charge in [-0.05, 0) is 43.7 Å². The van der Waals surface area contributed by atoms with E-state index in [4.69, 9.17) is 34.8 Å². The number of benzene rings is 2. The van der Waals surface area contributed by atoms with E-state index in [1.165, 1.54) is 0 Å². The molecule has 0 saturated heterocycles. The minimum Gasteiger partial charge on any atom is -0.290 e. The molecule has 8 heteroatoms. The van der Waals surface area contributed by atoms with E-state index in [0.717, 1.165) is 5.56 Å². The molecule has 0 atom stereocenters. The number of imide groups is 1. The Kier molecular flexibility index (Phi) is 6.79. The number of hydrogen-bond donors (Lipinski definition) is 1. The third kappa shape index (κ3) is 4.79. The molecule has 162 valence electrons. The highest BCUT2D eigenvalue weighted by molar-refractivity contribution is 6.35. The molecule has 0 fully saturated rings. The summed E-state index contributed by atoms with van der Waals surface area (Å²) >= 11 is 18.5. The number of nitrogens with one attached hydrogen (secondary N) is 1. The zero-order valence-electron chi connectivity index (χ0n) is 17.6.